The van der Waals surface area contributed by atoms with E-state index in [1.165, 1.54) is 16.8 Å². The van der Waals surface area contributed by atoms with Gasteiger partial charge in [0.05, 0.1) is 6.54 Å². The third-order valence-corrected chi connectivity index (χ3v) is 3.02. The lowest BCUT2D eigenvalue weighted by Gasteiger charge is -2.04. The van der Waals surface area contributed by atoms with Crippen LogP contribution >= 0.6 is 0 Å². The van der Waals surface area contributed by atoms with Crippen molar-refractivity contribution in [2.75, 3.05) is 0 Å². The summed E-state index contributed by atoms with van der Waals surface area (Å²) in [6.45, 7) is 0.307. The Kier molecular flexibility index (Phi) is 3.51. The molecule has 0 unspecified atom stereocenters. The van der Waals surface area contributed by atoms with Gasteiger partial charge in [0, 0.05) is 5.56 Å². The molecule has 0 N–H and O–H groups in total. The molecular formula is C15H11FN4O. The molecule has 0 amide bonds. The van der Waals surface area contributed by atoms with Crippen LogP contribution in [0.4, 0.5) is 4.39 Å². The zero-order chi connectivity index (χ0) is 14.7. The Morgan fingerprint density at radius 1 is 1.05 bits per heavy atom. The van der Waals surface area contributed by atoms with Crippen LogP contribution in [0.5, 0.6) is 0 Å². The molecule has 104 valence electrons. The van der Waals surface area contributed by atoms with E-state index in [1.807, 2.05) is 6.07 Å². The minimum absolute atomic E-state index is 0.158. The Morgan fingerprint density at radius 2 is 1.76 bits per heavy atom. The van der Waals surface area contributed by atoms with Crippen LogP contribution in [0.25, 0.3) is 0 Å². The van der Waals surface area contributed by atoms with E-state index in [4.69, 9.17) is 0 Å². The highest BCUT2D eigenvalue weighted by molar-refractivity contribution is 6.06. The molecule has 3 rings (SSSR count). The topological polar surface area (TPSA) is 60.7 Å². The molecule has 0 saturated carbocycles. The molecule has 0 atom stereocenters. The van der Waals surface area contributed by atoms with Crippen molar-refractivity contribution in [3.05, 3.63) is 77.4 Å². The largest absolute Gasteiger partial charge is 0.285 e. The maximum atomic E-state index is 12.9. The lowest BCUT2D eigenvalue weighted by Crippen LogP contribution is -2.13. The molecule has 0 spiro atoms. The van der Waals surface area contributed by atoms with Gasteiger partial charge in [-0.25, -0.2) is 9.07 Å². The van der Waals surface area contributed by atoms with Crippen LogP contribution in [-0.2, 0) is 6.54 Å². The fourth-order valence-electron chi connectivity index (χ4n) is 1.96. The van der Waals surface area contributed by atoms with Crippen molar-refractivity contribution in [2.45, 2.75) is 6.54 Å². The van der Waals surface area contributed by atoms with Gasteiger partial charge in [-0.05, 0) is 28.1 Å². The number of rotatable bonds is 4. The Morgan fingerprint density at radius 3 is 2.48 bits per heavy atom. The number of benzene rings is 2. The van der Waals surface area contributed by atoms with Crippen LogP contribution < -0.4 is 0 Å². The minimum Gasteiger partial charge on any atom is -0.285 e. The first-order valence-corrected chi connectivity index (χ1v) is 6.34. The third-order valence-electron chi connectivity index (χ3n) is 3.02. The number of ketones is 1. The highest BCUT2D eigenvalue weighted by Gasteiger charge is 2.17. The second-order valence-electron chi connectivity index (χ2n) is 4.48. The van der Waals surface area contributed by atoms with Gasteiger partial charge in [-0.3, -0.25) is 4.79 Å². The molecule has 0 aliphatic rings. The summed E-state index contributed by atoms with van der Waals surface area (Å²) in [4.78, 5) is 12.3. The molecule has 0 fully saturated rings. The van der Waals surface area contributed by atoms with Crippen LogP contribution in [0.15, 0.2) is 54.6 Å². The first kappa shape index (κ1) is 13.1. The molecule has 1 heterocycles. The van der Waals surface area contributed by atoms with E-state index in [9.17, 15) is 9.18 Å². The van der Waals surface area contributed by atoms with E-state index in [-0.39, 0.29) is 17.4 Å². The zero-order valence-electron chi connectivity index (χ0n) is 11.0. The first-order chi connectivity index (χ1) is 10.2. The van der Waals surface area contributed by atoms with Crippen molar-refractivity contribution < 1.29 is 9.18 Å². The fraction of sp³-hybridized carbons (Fsp3) is 0.0667. The van der Waals surface area contributed by atoms with Gasteiger partial charge in [0.15, 0.2) is 0 Å². The summed E-state index contributed by atoms with van der Waals surface area (Å²) < 4.78 is 14.3. The number of tetrazole rings is 1. The van der Waals surface area contributed by atoms with Gasteiger partial charge in [-0.2, -0.15) is 0 Å². The zero-order valence-corrected chi connectivity index (χ0v) is 11.0. The molecule has 0 aliphatic carbocycles. The Balaban J connectivity index is 1.87. The average Bonchev–Trinajstić information content (AvgIpc) is 2.98. The Hall–Kier alpha value is -2.89. The summed E-state index contributed by atoms with van der Waals surface area (Å²) in [6, 6.07) is 14.8. The first-order valence-electron chi connectivity index (χ1n) is 6.34. The molecular weight excluding hydrogens is 271 g/mol. The number of carbonyl (C=O) groups is 1. The molecule has 0 aliphatic heterocycles. The summed E-state index contributed by atoms with van der Waals surface area (Å²) in [5.41, 5.74) is 1.33. The number of hydrogen-bond acceptors (Lipinski definition) is 4. The number of aromatic nitrogens is 4. The molecule has 0 saturated heterocycles. The number of carbonyl (C=O) groups excluding carboxylic acids is 1. The minimum atomic E-state index is -0.309. The van der Waals surface area contributed by atoms with E-state index >= 15 is 0 Å². The van der Waals surface area contributed by atoms with E-state index in [1.54, 1.807) is 36.4 Å². The lowest BCUT2D eigenvalue weighted by atomic mass is 10.1. The Bertz CT molecular complexity index is 753. The predicted molar refractivity (Wildman–Crippen MR) is 73.2 cm³/mol. The van der Waals surface area contributed by atoms with Crippen molar-refractivity contribution in [3.8, 4) is 0 Å². The van der Waals surface area contributed by atoms with Gasteiger partial charge < -0.3 is 0 Å². The second kappa shape index (κ2) is 5.62. The highest BCUT2D eigenvalue weighted by atomic mass is 19.1. The van der Waals surface area contributed by atoms with E-state index in [2.05, 4.69) is 15.5 Å². The molecule has 5 nitrogen and oxygen atoms in total. The van der Waals surface area contributed by atoms with Crippen LogP contribution in [0.1, 0.15) is 21.7 Å². The van der Waals surface area contributed by atoms with E-state index in [0.717, 1.165) is 5.56 Å². The summed E-state index contributed by atoms with van der Waals surface area (Å²) in [6.07, 6.45) is 0. The predicted octanol–water partition coefficient (Wildman–Crippen LogP) is 2.09. The molecule has 1 aromatic heterocycles. The van der Waals surface area contributed by atoms with Gasteiger partial charge in [0.2, 0.25) is 11.6 Å². The number of hydrogen-bond donors (Lipinski definition) is 0. The molecule has 0 bridgehead atoms. The second-order valence-corrected chi connectivity index (χ2v) is 4.48. The maximum Gasteiger partial charge on any atom is 0.231 e. The standard InChI is InChI=1S/C15H11FN4O/c16-13-8-6-11(7-9-13)10-20-15(17-18-19-20)14(21)12-4-2-1-3-5-12/h1-9H,10H2. The SMILES string of the molecule is O=C(c1ccccc1)c1nnnn1Cc1ccc(F)cc1. The van der Waals surface area contributed by atoms with Crippen molar-refractivity contribution in [1.82, 2.24) is 20.2 Å². The quantitative estimate of drug-likeness (QED) is 0.687. The van der Waals surface area contributed by atoms with Crippen molar-refractivity contribution in [3.63, 3.8) is 0 Å². The van der Waals surface area contributed by atoms with E-state index in [0.29, 0.717) is 12.1 Å². The summed E-state index contributed by atoms with van der Waals surface area (Å²) in [7, 11) is 0. The van der Waals surface area contributed by atoms with Crippen LogP contribution in [0.2, 0.25) is 0 Å². The van der Waals surface area contributed by atoms with Gasteiger partial charge in [0.1, 0.15) is 5.82 Å². The van der Waals surface area contributed by atoms with Gasteiger partial charge >= 0.3 is 0 Å². The normalized spacial score (nSPS) is 10.5. The highest BCUT2D eigenvalue weighted by Crippen LogP contribution is 2.09. The molecule has 0 radical (unpaired) electrons. The molecule has 3 aromatic rings. The van der Waals surface area contributed by atoms with Crippen LogP contribution in [0.3, 0.4) is 0 Å². The molecule has 6 heteroatoms. The van der Waals surface area contributed by atoms with Crippen molar-refractivity contribution in [2.24, 2.45) is 0 Å². The lowest BCUT2D eigenvalue weighted by molar-refractivity contribution is 0.102. The molecule has 2 aromatic carbocycles. The number of halogens is 1. The number of nitrogens with zero attached hydrogens (tertiary/aromatic N) is 4. The van der Waals surface area contributed by atoms with Crippen LogP contribution in [0, 0.1) is 5.82 Å². The van der Waals surface area contributed by atoms with Gasteiger partial charge in [0.25, 0.3) is 0 Å². The van der Waals surface area contributed by atoms with E-state index < -0.39 is 0 Å². The van der Waals surface area contributed by atoms with Crippen molar-refractivity contribution >= 4 is 5.78 Å². The molecule has 21 heavy (non-hydrogen) atoms. The average molecular weight is 282 g/mol. The van der Waals surface area contributed by atoms with Gasteiger partial charge in [-0.15, -0.1) is 5.10 Å². The smallest absolute Gasteiger partial charge is 0.231 e. The van der Waals surface area contributed by atoms with Gasteiger partial charge in [-0.1, -0.05) is 42.5 Å². The summed E-state index contributed by atoms with van der Waals surface area (Å²) in [5, 5.41) is 11.2. The monoisotopic (exact) mass is 282 g/mol. The summed E-state index contributed by atoms with van der Waals surface area (Å²) >= 11 is 0. The van der Waals surface area contributed by atoms with Crippen LogP contribution in [-0.4, -0.2) is 26.0 Å². The van der Waals surface area contributed by atoms with Crippen molar-refractivity contribution in [1.29, 1.82) is 0 Å². The maximum absolute atomic E-state index is 12.9. The summed E-state index contributed by atoms with van der Waals surface area (Å²) in [5.74, 6) is -0.399. The Labute approximate surface area is 120 Å². The third kappa shape index (κ3) is 2.84. The fourth-order valence-corrected chi connectivity index (χ4v) is 1.96.